The van der Waals surface area contributed by atoms with Crippen molar-refractivity contribution in [3.05, 3.63) is 12.2 Å². The lowest BCUT2D eigenvalue weighted by Gasteiger charge is -2.73. The Kier molecular flexibility index (Phi) is 15.2. The molecule has 0 aromatic heterocycles. The molecule has 2 unspecified atom stereocenters. The van der Waals surface area contributed by atoms with Crippen LogP contribution in [0.15, 0.2) is 12.2 Å². The monoisotopic (exact) mass is 933 g/mol. The van der Waals surface area contributed by atoms with Crippen LogP contribution in [0.3, 0.4) is 0 Å². The van der Waals surface area contributed by atoms with Crippen LogP contribution in [0.2, 0.25) is 0 Å². The first kappa shape index (κ1) is 51.2. The molecule has 0 aromatic rings. The van der Waals surface area contributed by atoms with Gasteiger partial charge in [0, 0.05) is 43.7 Å². The summed E-state index contributed by atoms with van der Waals surface area (Å²) < 4.78 is 54.6. The number of nitrogens with zero attached hydrogens (tertiary/aromatic N) is 1. The Hall–Kier alpha value is -1.61. The number of hydrogen-bond donors (Lipinski definition) is 2. The third-order valence-corrected chi connectivity index (χ3v) is 22.2. The highest BCUT2D eigenvalue weighted by Gasteiger charge is 2.71. The second-order valence-electron chi connectivity index (χ2n) is 24.1. The second-order valence-corrected chi connectivity index (χ2v) is 26.4. The van der Waals surface area contributed by atoms with Crippen LogP contribution in [0.25, 0.3) is 0 Å². The lowest BCUT2D eigenvalue weighted by molar-refractivity contribution is -0.248. The van der Waals surface area contributed by atoms with Crippen molar-refractivity contribution in [2.45, 2.75) is 157 Å². The molecule has 0 aromatic carbocycles. The SMILES string of the molecule is C=C(C)[C@@H]1CC[C@]2(NCC(C(C)OCCOCCOCCOC)N3CCS(=O)(=O)CC3)CC[C@]3(C)[C@H](CC[C@@H]4[C@@]5(C)CC[C@H](OC(=O)[C@H]6C[C@@H](C(=O)O)C6(C)C)C(C)(C)[C@@H]5CC[C@]43C)[C@@H]12. The van der Waals surface area contributed by atoms with E-state index in [-0.39, 0.29) is 68.8 Å². The maximum absolute atomic E-state index is 13.7. The average Bonchev–Trinajstić information content (AvgIpc) is 3.61. The van der Waals surface area contributed by atoms with Gasteiger partial charge in [0.05, 0.1) is 69.1 Å². The third-order valence-electron chi connectivity index (χ3n) is 20.6. The molecule has 0 amide bonds. The van der Waals surface area contributed by atoms with Gasteiger partial charge in [-0.05, 0) is 136 Å². The van der Waals surface area contributed by atoms with Crippen molar-refractivity contribution in [2.75, 3.05) is 77.9 Å². The zero-order chi connectivity index (χ0) is 47.4. The molecule has 12 nitrogen and oxygen atoms in total. The van der Waals surface area contributed by atoms with Crippen LogP contribution in [-0.4, -0.2) is 132 Å². The molecular weight excluding hydrogens is 845 g/mol. The van der Waals surface area contributed by atoms with Crippen LogP contribution in [0.4, 0.5) is 0 Å². The summed E-state index contributed by atoms with van der Waals surface area (Å²) in [6.07, 6.45) is 11.3. The quantitative estimate of drug-likeness (QED) is 0.0739. The number of carbonyl (C=O) groups excluding carboxylic acids is 1. The van der Waals surface area contributed by atoms with E-state index in [1.54, 1.807) is 7.11 Å². The summed E-state index contributed by atoms with van der Waals surface area (Å²) in [7, 11) is -1.38. The van der Waals surface area contributed by atoms with E-state index in [2.05, 4.69) is 65.3 Å². The molecule has 372 valence electrons. The fourth-order valence-electron chi connectivity index (χ4n) is 16.4. The summed E-state index contributed by atoms with van der Waals surface area (Å²) in [6, 6.07) is 0.0261. The van der Waals surface area contributed by atoms with Crippen molar-refractivity contribution in [2.24, 2.45) is 68.5 Å². The second kappa shape index (κ2) is 19.3. The highest BCUT2D eigenvalue weighted by Crippen LogP contribution is 2.76. The van der Waals surface area contributed by atoms with Crippen molar-refractivity contribution < 1.29 is 46.8 Å². The first-order valence-electron chi connectivity index (χ1n) is 25.5. The van der Waals surface area contributed by atoms with Crippen LogP contribution in [0, 0.1) is 68.5 Å². The number of fused-ring (bicyclic) bond motifs is 7. The zero-order valence-corrected chi connectivity index (χ0v) is 42.8. The van der Waals surface area contributed by atoms with Crippen LogP contribution in [-0.2, 0) is 43.1 Å². The number of ether oxygens (including phenoxy) is 5. The van der Waals surface area contributed by atoms with Gasteiger partial charge < -0.3 is 34.1 Å². The summed E-state index contributed by atoms with van der Waals surface area (Å²) in [4.78, 5) is 27.9. The van der Waals surface area contributed by atoms with Gasteiger partial charge in [0.25, 0.3) is 0 Å². The van der Waals surface area contributed by atoms with Crippen molar-refractivity contribution in [3.8, 4) is 0 Å². The minimum absolute atomic E-state index is 0.0206. The Morgan fingerprint density at radius 3 is 2.08 bits per heavy atom. The molecular formula is C52H88N2O10S. The standard InChI is InChI=1S/C52H88N2O10S/c1-34(2)36-14-19-52(53-33-40(54-22-30-65(58,59)31-23-54)35(3)63-29-28-62-27-26-61-25-24-60-11)21-20-50(9)37(44(36)52)12-13-42-49(8)17-16-43(48(6,7)41(49)15-18-51(42,50)10)64-46(57)39-32-38(45(55)56)47(39,4)5/h35-44,53H,1,12-33H2,2-11H3,(H,55,56)/t35?,36-,37+,38-,39+,40?,41-,42+,43-,44+,49-,50+,51+,52-/m0/s1. The minimum atomic E-state index is -3.04. The lowest BCUT2D eigenvalue weighted by atomic mass is 9.32. The molecule has 0 bridgehead atoms. The normalized spacial score (nSPS) is 41.4. The smallest absolute Gasteiger partial charge is 0.309 e. The fraction of sp³-hybridized carbons (Fsp3) is 0.923. The summed E-state index contributed by atoms with van der Waals surface area (Å²) in [5.74, 6) is 0.956. The van der Waals surface area contributed by atoms with Crippen LogP contribution in [0.5, 0.6) is 0 Å². The number of rotatable bonds is 19. The van der Waals surface area contributed by atoms with E-state index in [1.165, 1.54) is 31.3 Å². The van der Waals surface area contributed by atoms with Crippen molar-refractivity contribution in [3.63, 3.8) is 0 Å². The number of methoxy groups -OCH3 is 1. The Morgan fingerprint density at radius 2 is 1.45 bits per heavy atom. The van der Waals surface area contributed by atoms with Crippen LogP contribution in [0.1, 0.15) is 133 Å². The molecule has 7 fully saturated rings. The van der Waals surface area contributed by atoms with Crippen molar-refractivity contribution >= 4 is 21.8 Å². The summed E-state index contributed by atoms with van der Waals surface area (Å²) in [5.41, 5.74) is 0.951. The molecule has 7 rings (SSSR count). The number of sulfone groups is 1. The number of carboxylic acid groups (broad SMARTS) is 1. The molecule has 0 radical (unpaired) electrons. The molecule has 1 saturated heterocycles. The van der Waals surface area contributed by atoms with Gasteiger partial charge in [-0.1, -0.05) is 60.6 Å². The van der Waals surface area contributed by atoms with Gasteiger partial charge >= 0.3 is 11.9 Å². The zero-order valence-electron chi connectivity index (χ0n) is 42.0. The lowest BCUT2D eigenvalue weighted by Crippen LogP contribution is -2.69. The number of aliphatic carboxylic acids is 1. The maximum Gasteiger partial charge on any atom is 0.309 e. The van der Waals surface area contributed by atoms with E-state index in [4.69, 9.17) is 23.7 Å². The van der Waals surface area contributed by atoms with Gasteiger partial charge in [-0.15, -0.1) is 0 Å². The molecule has 1 aliphatic heterocycles. The topological polar surface area (TPSA) is 150 Å². The molecule has 65 heavy (non-hydrogen) atoms. The maximum atomic E-state index is 13.7. The highest BCUT2D eigenvalue weighted by atomic mass is 32.2. The number of hydrogen-bond acceptors (Lipinski definition) is 11. The Morgan fingerprint density at radius 1 is 0.785 bits per heavy atom. The molecule has 13 heteroatoms. The van der Waals surface area contributed by atoms with Crippen molar-refractivity contribution in [1.29, 1.82) is 0 Å². The van der Waals surface area contributed by atoms with Crippen LogP contribution >= 0.6 is 0 Å². The predicted octanol–water partition coefficient (Wildman–Crippen LogP) is 7.83. The van der Waals surface area contributed by atoms with Gasteiger partial charge in [-0.2, -0.15) is 0 Å². The fourth-order valence-corrected chi connectivity index (χ4v) is 17.7. The first-order chi connectivity index (χ1) is 30.5. The van der Waals surface area contributed by atoms with E-state index >= 15 is 0 Å². The molecule has 6 saturated carbocycles. The number of carbonyl (C=O) groups is 2. The number of esters is 1. The molecule has 7 aliphatic rings. The Labute approximate surface area is 392 Å². The molecule has 2 N–H and O–H groups in total. The molecule has 0 spiro atoms. The van der Waals surface area contributed by atoms with Gasteiger partial charge in [0.15, 0.2) is 9.84 Å². The third kappa shape index (κ3) is 9.30. The number of carboxylic acids is 1. The molecule has 1 heterocycles. The highest BCUT2D eigenvalue weighted by molar-refractivity contribution is 7.91. The van der Waals surface area contributed by atoms with E-state index in [9.17, 15) is 23.1 Å². The van der Waals surface area contributed by atoms with E-state index < -0.39 is 27.1 Å². The Balaban J connectivity index is 1.05. The number of allylic oxidation sites excluding steroid dienone is 1. The first-order valence-corrected chi connectivity index (χ1v) is 27.4. The largest absolute Gasteiger partial charge is 0.481 e. The van der Waals surface area contributed by atoms with E-state index in [0.29, 0.717) is 88.7 Å². The van der Waals surface area contributed by atoms with E-state index in [0.717, 1.165) is 45.1 Å². The molecule has 6 aliphatic carbocycles. The summed E-state index contributed by atoms with van der Waals surface area (Å²) in [5, 5.41) is 14.0. The van der Waals surface area contributed by atoms with Crippen molar-refractivity contribution in [1.82, 2.24) is 10.2 Å². The minimum Gasteiger partial charge on any atom is -0.481 e. The van der Waals surface area contributed by atoms with E-state index in [1.807, 2.05) is 13.8 Å². The van der Waals surface area contributed by atoms with Gasteiger partial charge in [0.2, 0.25) is 0 Å². The molecule has 14 atom stereocenters. The van der Waals surface area contributed by atoms with Gasteiger partial charge in [-0.25, -0.2) is 8.42 Å². The summed E-state index contributed by atoms with van der Waals surface area (Å²) >= 11 is 0. The number of nitrogens with one attached hydrogen (secondary N) is 1. The average molecular weight is 933 g/mol. The predicted molar refractivity (Wildman–Crippen MR) is 253 cm³/mol. The van der Waals surface area contributed by atoms with Crippen LogP contribution < -0.4 is 5.32 Å². The van der Waals surface area contributed by atoms with Gasteiger partial charge in [0.1, 0.15) is 6.10 Å². The van der Waals surface area contributed by atoms with Gasteiger partial charge in [-0.3, -0.25) is 14.5 Å². The summed E-state index contributed by atoms with van der Waals surface area (Å²) in [6.45, 7) is 30.3. The Bertz CT molecular complexity index is 1830.